The molecule has 0 unspecified atom stereocenters. The molecule has 7 nitrogen and oxygen atoms in total. The number of primary amides is 1. The van der Waals surface area contributed by atoms with E-state index in [1.807, 2.05) is 6.92 Å². The predicted molar refractivity (Wildman–Crippen MR) is 80.3 cm³/mol. The van der Waals surface area contributed by atoms with E-state index in [0.29, 0.717) is 19.8 Å². The molecule has 8 heteroatoms. The SMILES string of the molecule is CCOCCN(CC)S(=O)(=O)c1ccc(C(N)=O)cc1N. The molecule has 1 amide bonds. The van der Waals surface area contributed by atoms with Crippen LogP contribution in [0.2, 0.25) is 0 Å². The molecule has 1 aromatic carbocycles. The summed E-state index contributed by atoms with van der Waals surface area (Å²) in [5, 5.41) is 0. The first kappa shape index (κ1) is 17.4. The van der Waals surface area contributed by atoms with Crippen LogP contribution in [0.4, 0.5) is 5.69 Å². The van der Waals surface area contributed by atoms with E-state index < -0.39 is 15.9 Å². The zero-order valence-electron chi connectivity index (χ0n) is 12.2. The molecule has 0 aliphatic rings. The van der Waals surface area contributed by atoms with Crippen molar-refractivity contribution in [2.45, 2.75) is 18.7 Å². The summed E-state index contributed by atoms with van der Waals surface area (Å²) < 4.78 is 31.5. The molecule has 0 saturated carbocycles. The van der Waals surface area contributed by atoms with Gasteiger partial charge in [0.25, 0.3) is 0 Å². The molecular formula is C13H21N3O4S. The summed E-state index contributed by atoms with van der Waals surface area (Å²) >= 11 is 0. The fourth-order valence-electron chi connectivity index (χ4n) is 1.83. The molecular weight excluding hydrogens is 294 g/mol. The van der Waals surface area contributed by atoms with Gasteiger partial charge in [0.15, 0.2) is 0 Å². The Morgan fingerprint density at radius 2 is 2.00 bits per heavy atom. The van der Waals surface area contributed by atoms with Crippen LogP contribution in [0, 0.1) is 0 Å². The zero-order valence-corrected chi connectivity index (χ0v) is 13.0. The number of hydrogen-bond donors (Lipinski definition) is 2. The predicted octanol–water partition coefficient (Wildman–Crippen LogP) is 0.415. The molecule has 1 aromatic rings. The molecule has 4 N–H and O–H groups in total. The molecule has 0 bridgehead atoms. The summed E-state index contributed by atoms with van der Waals surface area (Å²) in [6, 6.07) is 3.92. The van der Waals surface area contributed by atoms with Crippen molar-refractivity contribution in [2.75, 3.05) is 32.0 Å². The van der Waals surface area contributed by atoms with Gasteiger partial charge < -0.3 is 16.2 Å². The lowest BCUT2D eigenvalue weighted by Gasteiger charge is -2.21. The molecule has 1 rings (SSSR count). The third kappa shape index (κ3) is 4.16. The Hall–Kier alpha value is -1.64. The summed E-state index contributed by atoms with van der Waals surface area (Å²) in [5.74, 6) is -0.658. The Labute approximate surface area is 124 Å². The minimum atomic E-state index is -3.73. The van der Waals surface area contributed by atoms with Crippen molar-refractivity contribution in [1.82, 2.24) is 4.31 Å². The lowest BCUT2D eigenvalue weighted by molar-refractivity contribution is 0.1000. The van der Waals surface area contributed by atoms with Gasteiger partial charge in [-0.2, -0.15) is 4.31 Å². The Bertz CT molecular complexity index is 601. The minimum absolute atomic E-state index is 0.00107. The van der Waals surface area contributed by atoms with Gasteiger partial charge in [0, 0.05) is 25.3 Å². The molecule has 0 spiro atoms. The van der Waals surface area contributed by atoms with Gasteiger partial charge in [-0.25, -0.2) is 8.42 Å². The van der Waals surface area contributed by atoms with E-state index in [1.54, 1.807) is 6.92 Å². The Morgan fingerprint density at radius 1 is 1.33 bits per heavy atom. The van der Waals surface area contributed by atoms with Crippen LogP contribution < -0.4 is 11.5 Å². The number of carbonyl (C=O) groups excluding carboxylic acids is 1. The van der Waals surface area contributed by atoms with Crippen LogP contribution in [0.25, 0.3) is 0 Å². The molecule has 21 heavy (non-hydrogen) atoms. The standard InChI is InChI=1S/C13H21N3O4S/c1-3-16(7-8-20-4-2)21(18,19)12-6-5-10(13(15)17)9-11(12)14/h5-6,9H,3-4,7-8,14H2,1-2H3,(H2,15,17). The molecule has 118 valence electrons. The van der Waals surface area contributed by atoms with E-state index >= 15 is 0 Å². The van der Waals surface area contributed by atoms with Crippen LogP contribution in [0.1, 0.15) is 24.2 Å². The highest BCUT2D eigenvalue weighted by molar-refractivity contribution is 7.89. The number of hydrogen-bond acceptors (Lipinski definition) is 5. The highest BCUT2D eigenvalue weighted by Crippen LogP contribution is 2.23. The summed E-state index contributed by atoms with van der Waals surface area (Å²) in [4.78, 5) is 11.0. The number of anilines is 1. The topological polar surface area (TPSA) is 116 Å². The number of nitrogens with zero attached hydrogens (tertiary/aromatic N) is 1. The molecule has 0 saturated heterocycles. The maximum Gasteiger partial charge on any atom is 0.248 e. The summed E-state index contributed by atoms with van der Waals surface area (Å²) in [7, 11) is -3.73. The Kier molecular flexibility index (Phi) is 6.13. The van der Waals surface area contributed by atoms with Crippen LogP contribution in [-0.4, -0.2) is 44.9 Å². The van der Waals surface area contributed by atoms with Crippen molar-refractivity contribution in [3.8, 4) is 0 Å². The molecule has 0 aliphatic heterocycles. The number of nitrogen functional groups attached to an aromatic ring is 1. The van der Waals surface area contributed by atoms with Gasteiger partial charge in [-0.05, 0) is 25.1 Å². The summed E-state index contributed by atoms with van der Waals surface area (Å²) in [6.45, 7) is 4.94. The van der Waals surface area contributed by atoms with E-state index in [0.717, 1.165) is 0 Å². The highest BCUT2D eigenvalue weighted by atomic mass is 32.2. The number of rotatable bonds is 8. The Morgan fingerprint density at radius 3 is 2.48 bits per heavy atom. The number of nitrogens with two attached hydrogens (primary N) is 2. The quantitative estimate of drug-likeness (QED) is 0.532. The van der Waals surface area contributed by atoms with Gasteiger partial charge in [0.05, 0.1) is 12.3 Å². The van der Waals surface area contributed by atoms with Crippen LogP contribution in [0.15, 0.2) is 23.1 Å². The highest BCUT2D eigenvalue weighted by Gasteiger charge is 2.25. The molecule has 0 heterocycles. The number of amides is 1. The maximum absolute atomic E-state index is 12.5. The third-order valence-electron chi connectivity index (χ3n) is 2.95. The first-order valence-corrected chi connectivity index (χ1v) is 8.05. The maximum atomic E-state index is 12.5. The van der Waals surface area contributed by atoms with E-state index in [-0.39, 0.29) is 22.7 Å². The van der Waals surface area contributed by atoms with Crippen molar-refractivity contribution in [2.24, 2.45) is 5.73 Å². The average molecular weight is 315 g/mol. The number of benzene rings is 1. The lowest BCUT2D eigenvalue weighted by atomic mass is 10.2. The number of likely N-dealkylation sites (N-methyl/N-ethyl adjacent to an activating group) is 1. The van der Waals surface area contributed by atoms with Gasteiger partial charge in [-0.1, -0.05) is 6.92 Å². The fraction of sp³-hybridized carbons (Fsp3) is 0.462. The van der Waals surface area contributed by atoms with Gasteiger partial charge in [-0.15, -0.1) is 0 Å². The lowest BCUT2D eigenvalue weighted by Crippen LogP contribution is -2.34. The smallest absolute Gasteiger partial charge is 0.248 e. The molecule has 0 atom stereocenters. The normalized spacial score (nSPS) is 11.8. The van der Waals surface area contributed by atoms with E-state index in [9.17, 15) is 13.2 Å². The fourth-order valence-corrected chi connectivity index (χ4v) is 3.36. The second kappa shape index (κ2) is 7.39. The van der Waals surface area contributed by atoms with Crippen molar-refractivity contribution in [3.05, 3.63) is 23.8 Å². The largest absolute Gasteiger partial charge is 0.398 e. The monoisotopic (exact) mass is 315 g/mol. The molecule has 0 fully saturated rings. The van der Waals surface area contributed by atoms with Crippen molar-refractivity contribution in [1.29, 1.82) is 0 Å². The van der Waals surface area contributed by atoms with Crippen LogP contribution in [-0.2, 0) is 14.8 Å². The minimum Gasteiger partial charge on any atom is -0.398 e. The number of ether oxygens (including phenoxy) is 1. The van der Waals surface area contributed by atoms with Gasteiger partial charge >= 0.3 is 0 Å². The van der Waals surface area contributed by atoms with E-state index in [1.165, 1.54) is 22.5 Å². The van der Waals surface area contributed by atoms with Crippen LogP contribution >= 0.6 is 0 Å². The Balaban J connectivity index is 3.08. The van der Waals surface area contributed by atoms with Gasteiger partial charge in [-0.3, -0.25) is 4.79 Å². The first-order valence-electron chi connectivity index (χ1n) is 6.61. The van der Waals surface area contributed by atoms with Gasteiger partial charge in [0.1, 0.15) is 4.90 Å². The van der Waals surface area contributed by atoms with E-state index in [2.05, 4.69) is 0 Å². The second-order valence-electron chi connectivity index (χ2n) is 4.31. The molecule has 0 aliphatic carbocycles. The summed E-state index contributed by atoms with van der Waals surface area (Å²) in [5.41, 5.74) is 11.1. The van der Waals surface area contributed by atoms with E-state index in [4.69, 9.17) is 16.2 Å². The van der Waals surface area contributed by atoms with Crippen molar-refractivity contribution in [3.63, 3.8) is 0 Å². The number of sulfonamides is 1. The van der Waals surface area contributed by atoms with Crippen molar-refractivity contribution >= 4 is 21.6 Å². The second-order valence-corrected chi connectivity index (χ2v) is 6.22. The molecule has 0 aromatic heterocycles. The van der Waals surface area contributed by atoms with Crippen LogP contribution in [0.5, 0.6) is 0 Å². The van der Waals surface area contributed by atoms with Crippen LogP contribution in [0.3, 0.4) is 0 Å². The third-order valence-corrected chi connectivity index (χ3v) is 5.00. The first-order chi connectivity index (χ1) is 9.84. The summed E-state index contributed by atoms with van der Waals surface area (Å²) in [6.07, 6.45) is 0. The average Bonchev–Trinajstić information content (AvgIpc) is 2.42. The number of carbonyl (C=O) groups is 1. The van der Waals surface area contributed by atoms with Gasteiger partial charge in [0.2, 0.25) is 15.9 Å². The zero-order chi connectivity index (χ0) is 16.0. The molecule has 0 radical (unpaired) electrons. The van der Waals surface area contributed by atoms with Crippen molar-refractivity contribution < 1.29 is 17.9 Å².